The molecule has 0 radical (unpaired) electrons. The Labute approximate surface area is 318 Å². The summed E-state index contributed by atoms with van der Waals surface area (Å²) < 4.78 is 0. The fraction of sp³-hybridized carbons (Fsp3) is 1.00. The predicted octanol–water partition coefficient (Wildman–Crippen LogP) is 10.9. The van der Waals surface area contributed by atoms with E-state index in [1.54, 1.807) is 0 Å². The van der Waals surface area contributed by atoms with Crippen molar-refractivity contribution in [2.45, 2.75) is 195 Å². The molecule has 7 nitrogen and oxygen atoms in total. The third kappa shape index (κ3) is 34.8. The van der Waals surface area contributed by atoms with Crippen LogP contribution in [0.25, 0.3) is 0 Å². The molecule has 0 aromatic heterocycles. The molecule has 0 bridgehead atoms. The van der Waals surface area contributed by atoms with E-state index in [1.165, 1.54) is 58.4 Å². The van der Waals surface area contributed by atoms with Gasteiger partial charge in [0, 0.05) is 18.6 Å². The molecule has 7 heteroatoms. The molecule has 5 fully saturated rings. The Morgan fingerprint density at radius 3 is 1.08 bits per heavy atom. The summed E-state index contributed by atoms with van der Waals surface area (Å²) in [5.41, 5.74) is 5.81. The van der Waals surface area contributed by atoms with Crippen LogP contribution in [0.5, 0.6) is 0 Å². The second kappa shape index (κ2) is 44.9. The van der Waals surface area contributed by atoms with E-state index in [9.17, 15) is 0 Å². The molecule has 50 heavy (non-hydrogen) atoms. The van der Waals surface area contributed by atoms with Crippen molar-refractivity contribution < 1.29 is 9.68 Å². The van der Waals surface area contributed by atoms with Crippen LogP contribution in [0.2, 0.25) is 0 Å². The van der Waals surface area contributed by atoms with Crippen LogP contribution in [0.4, 0.5) is 0 Å². The van der Waals surface area contributed by atoms with E-state index >= 15 is 0 Å². The van der Waals surface area contributed by atoms with Crippen LogP contribution in [0.1, 0.15) is 177 Å². The highest BCUT2D eigenvalue weighted by atomic mass is 16.7. The molecule has 0 spiro atoms. The van der Waals surface area contributed by atoms with Crippen molar-refractivity contribution >= 4 is 0 Å². The Bertz CT molecular complexity index is 444. The molecule has 0 aromatic carbocycles. The third-order valence-corrected chi connectivity index (χ3v) is 9.07. The summed E-state index contributed by atoms with van der Waals surface area (Å²) in [6.07, 6.45) is 8.32. The van der Waals surface area contributed by atoms with E-state index in [1.807, 2.05) is 69.2 Å². The quantitative estimate of drug-likeness (QED) is 0.194. The average Bonchev–Trinajstić information content (AvgIpc) is 4.00. The summed E-state index contributed by atoms with van der Waals surface area (Å²) in [7, 11) is 0. The summed E-state index contributed by atoms with van der Waals surface area (Å²) in [6, 6.07) is 1.41. The molecule has 0 saturated carbocycles. The zero-order chi connectivity index (χ0) is 39.9. The lowest BCUT2D eigenvalue weighted by Gasteiger charge is -2.12. The van der Waals surface area contributed by atoms with Gasteiger partial charge in [-0.1, -0.05) is 138 Å². The first-order valence-corrected chi connectivity index (χ1v) is 21.9. The van der Waals surface area contributed by atoms with E-state index in [2.05, 4.69) is 96.1 Å². The third-order valence-electron chi connectivity index (χ3n) is 9.07. The van der Waals surface area contributed by atoms with Gasteiger partial charge in [-0.2, -0.15) is 5.48 Å². The molecular weight excluding hydrogens is 619 g/mol. The Morgan fingerprint density at radius 2 is 0.920 bits per heavy atom. The number of hydroxylamine groups is 2. The van der Waals surface area contributed by atoms with Crippen molar-refractivity contribution in [3.63, 3.8) is 0 Å². The van der Waals surface area contributed by atoms with Crippen LogP contribution >= 0.6 is 0 Å². The summed E-state index contributed by atoms with van der Waals surface area (Å²) in [5, 5.41) is 10.2. The van der Waals surface area contributed by atoms with Crippen molar-refractivity contribution in [2.24, 2.45) is 41.4 Å². The van der Waals surface area contributed by atoms with Crippen molar-refractivity contribution in [3.05, 3.63) is 0 Å². The molecular formula is C43H101N5O2. The van der Waals surface area contributed by atoms with E-state index in [0.717, 1.165) is 61.6 Å². The smallest absolute Gasteiger partial charge is 0.0826 e. The van der Waals surface area contributed by atoms with Gasteiger partial charge in [-0.25, -0.2) is 5.48 Å². The van der Waals surface area contributed by atoms with Gasteiger partial charge in [-0.3, -0.25) is 4.84 Å². The van der Waals surface area contributed by atoms with Crippen LogP contribution in [0.15, 0.2) is 0 Å². The molecule has 0 aromatic rings. The lowest BCUT2D eigenvalue weighted by molar-refractivity contribution is 0.00884. The van der Waals surface area contributed by atoms with Gasteiger partial charge in [-0.05, 0) is 113 Å². The summed E-state index contributed by atoms with van der Waals surface area (Å²) in [5.74, 6) is 5.86. The summed E-state index contributed by atoms with van der Waals surface area (Å²) >= 11 is 0. The van der Waals surface area contributed by atoms with E-state index in [4.69, 9.17) is 9.68 Å². The van der Waals surface area contributed by atoms with Gasteiger partial charge < -0.3 is 20.8 Å². The van der Waals surface area contributed by atoms with Crippen molar-refractivity contribution in [3.8, 4) is 0 Å². The molecule has 5 atom stereocenters. The molecule has 5 saturated heterocycles. The highest BCUT2D eigenvalue weighted by Gasteiger charge is 2.20. The number of hydrogen-bond donors (Lipinski definition) is 5. The first kappa shape index (κ1) is 59.0. The van der Waals surface area contributed by atoms with E-state index in [-0.39, 0.29) is 0 Å². The van der Waals surface area contributed by atoms with Crippen LogP contribution < -0.4 is 26.9 Å². The molecule has 5 aliphatic heterocycles. The molecule has 5 N–H and O–H groups in total. The SMILES string of the molecule is CC.CC.CC.CC.CC.CC(C)C1CCCN1.CC(C)C1CCNC1.CC(C)C1CCNC1.CC(C)C1CCNO1.CC(C)C1CCON1. The van der Waals surface area contributed by atoms with Gasteiger partial charge in [-0.15, -0.1) is 0 Å². The Morgan fingerprint density at radius 1 is 0.460 bits per heavy atom. The largest absolute Gasteiger partial charge is 0.316 e. The second-order valence-electron chi connectivity index (χ2n) is 14.1. The minimum atomic E-state index is 0.454. The van der Waals surface area contributed by atoms with Gasteiger partial charge in [0.1, 0.15) is 0 Å². The van der Waals surface area contributed by atoms with Crippen molar-refractivity contribution in [2.75, 3.05) is 45.9 Å². The van der Waals surface area contributed by atoms with Crippen molar-refractivity contribution in [1.82, 2.24) is 26.9 Å². The van der Waals surface area contributed by atoms with Crippen LogP contribution in [0, 0.1) is 41.4 Å². The zero-order valence-electron chi connectivity index (χ0n) is 38.3. The average molecular weight is 720 g/mol. The fourth-order valence-electron chi connectivity index (χ4n) is 5.55. The highest BCUT2D eigenvalue weighted by molar-refractivity contribution is 4.76. The maximum Gasteiger partial charge on any atom is 0.0826 e. The minimum Gasteiger partial charge on any atom is -0.316 e. The Kier molecular flexibility index (Phi) is 53.0. The zero-order valence-corrected chi connectivity index (χ0v) is 38.3. The van der Waals surface area contributed by atoms with Gasteiger partial charge in [0.15, 0.2) is 0 Å². The first-order valence-electron chi connectivity index (χ1n) is 21.9. The molecule has 5 aliphatic rings. The minimum absolute atomic E-state index is 0.454. The number of rotatable bonds is 5. The maximum atomic E-state index is 5.16. The maximum absolute atomic E-state index is 5.16. The standard InChI is InChI=1S/3C7H15N.2C6H13NO.5C2H6/c2*1-6(2)7-3-4-8-5-7;1-6(2)7-4-3-5-8-7;1-5(2)6-3-4-8-7-6;1-5(2)6-3-4-7-8-6;5*1-2/h3*6-8H,3-5H2,1-2H3;2*5-7H,3-4H2,1-2H3;5*1-2H3. The first-order chi connectivity index (χ1) is 24.0. The summed E-state index contributed by atoms with van der Waals surface area (Å²) in [6.45, 7) is 50.6. The topological polar surface area (TPSA) is 78.6 Å². The number of hydrogen-bond acceptors (Lipinski definition) is 7. The van der Waals surface area contributed by atoms with Gasteiger partial charge in [0.2, 0.25) is 0 Å². The molecule has 310 valence electrons. The number of nitrogens with one attached hydrogen (secondary N) is 5. The highest BCUT2D eigenvalue weighted by Crippen LogP contribution is 2.18. The van der Waals surface area contributed by atoms with Gasteiger partial charge >= 0.3 is 0 Å². The molecule has 5 rings (SSSR count). The Balaban J connectivity index is -0.000000158. The second-order valence-corrected chi connectivity index (χ2v) is 14.1. The normalized spacial score (nSPS) is 24.3. The van der Waals surface area contributed by atoms with Gasteiger partial charge in [0.25, 0.3) is 0 Å². The van der Waals surface area contributed by atoms with Crippen LogP contribution in [-0.4, -0.2) is 64.1 Å². The predicted molar refractivity (Wildman–Crippen MR) is 229 cm³/mol. The van der Waals surface area contributed by atoms with E-state index in [0.29, 0.717) is 24.0 Å². The molecule has 5 heterocycles. The van der Waals surface area contributed by atoms with Crippen LogP contribution in [0.3, 0.4) is 0 Å². The van der Waals surface area contributed by atoms with E-state index < -0.39 is 0 Å². The summed E-state index contributed by atoms with van der Waals surface area (Å²) in [4.78, 5) is 10.1. The van der Waals surface area contributed by atoms with Crippen molar-refractivity contribution in [1.29, 1.82) is 0 Å². The lowest BCUT2D eigenvalue weighted by Crippen LogP contribution is -2.26. The Hall–Kier alpha value is -0.280. The monoisotopic (exact) mass is 720 g/mol. The lowest BCUT2D eigenvalue weighted by atomic mass is 9.96. The molecule has 0 aliphatic carbocycles. The molecule has 5 unspecified atom stereocenters. The van der Waals surface area contributed by atoms with Gasteiger partial charge in [0.05, 0.1) is 12.7 Å². The van der Waals surface area contributed by atoms with Crippen LogP contribution in [-0.2, 0) is 9.68 Å². The molecule has 0 amide bonds. The fourth-order valence-corrected chi connectivity index (χ4v) is 5.55.